The normalized spacial score (nSPS) is 20.1. The van der Waals surface area contributed by atoms with Crippen molar-refractivity contribution in [3.63, 3.8) is 0 Å². The number of aliphatic carboxylic acids is 1. The SMILES string of the molecule is C=CC[C@]1(C(=O)O)CCCN(Cc2cnc(NCc3ccccc3)nc2)C1. The first kappa shape index (κ1) is 19.0. The molecule has 1 aromatic heterocycles. The fourth-order valence-corrected chi connectivity index (χ4v) is 3.63. The van der Waals surface area contributed by atoms with Crippen molar-refractivity contribution in [2.45, 2.75) is 32.4 Å². The summed E-state index contributed by atoms with van der Waals surface area (Å²) in [6.45, 7) is 6.48. The molecule has 1 aromatic carbocycles. The highest BCUT2D eigenvalue weighted by molar-refractivity contribution is 5.75. The van der Waals surface area contributed by atoms with Crippen LogP contribution in [-0.4, -0.2) is 39.0 Å². The van der Waals surface area contributed by atoms with Gasteiger partial charge in [0.25, 0.3) is 0 Å². The number of hydrogen-bond donors (Lipinski definition) is 2. The number of aromatic nitrogens is 2. The van der Waals surface area contributed by atoms with Gasteiger partial charge < -0.3 is 10.4 Å². The van der Waals surface area contributed by atoms with E-state index in [9.17, 15) is 9.90 Å². The van der Waals surface area contributed by atoms with Gasteiger partial charge in [-0.15, -0.1) is 6.58 Å². The van der Waals surface area contributed by atoms with Gasteiger partial charge in [-0.1, -0.05) is 36.4 Å². The zero-order chi connectivity index (χ0) is 19.1. The predicted octanol–water partition coefficient (Wildman–Crippen LogP) is 3.33. The van der Waals surface area contributed by atoms with E-state index >= 15 is 0 Å². The molecular weight excluding hydrogens is 340 g/mol. The summed E-state index contributed by atoms with van der Waals surface area (Å²) in [6.07, 6.45) is 7.41. The van der Waals surface area contributed by atoms with Crippen LogP contribution in [0.25, 0.3) is 0 Å². The first-order chi connectivity index (χ1) is 13.1. The Labute approximate surface area is 160 Å². The fraction of sp³-hybridized carbons (Fsp3) is 0.381. The van der Waals surface area contributed by atoms with Crippen molar-refractivity contribution in [3.05, 3.63) is 66.5 Å². The number of nitrogens with one attached hydrogen (secondary N) is 1. The molecule has 6 nitrogen and oxygen atoms in total. The molecular formula is C21H26N4O2. The van der Waals surface area contributed by atoms with Crippen molar-refractivity contribution in [1.29, 1.82) is 0 Å². The lowest BCUT2D eigenvalue weighted by Gasteiger charge is -2.39. The van der Waals surface area contributed by atoms with Crippen LogP contribution in [0, 0.1) is 5.41 Å². The van der Waals surface area contributed by atoms with Gasteiger partial charge in [0.15, 0.2) is 0 Å². The van der Waals surface area contributed by atoms with Crippen LogP contribution in [-0.2, 0) is 17.9 Å². The Hall–Kier alpha value is -2.73. The van der Waals surface area contributed by atoms with Crippen LogP contribution in [0.5, 0.6) is 0 Å². The van der Waals surface area contributed by atoms with Crippen LogP contribution < -0.4 is 5.32 Å². The second kappa shape index (κ2) is 8.77. The number of nitrogens with zero attached hydrogens (tertiary/aromatic N) is 3. The summed E-state index contributed by atoms with van der Waals surface area (Å²) in [6, 6.07) is 10.1. The third-order valence-corrected chi connectivity index (χ3v) is 5.05. The smallest absolute Gasteiger partial charge is 0.311 e. The van der Waals surface area contributed by atoms with Crippen LogP contribution in [0.15, 0.2) is 55.4 Å². The largest absolute Gasteiger partial charge is 0.481 e. The van der Waals surface area contributed by atoms with Gasteiger partial charge in [-0.2, -0.15) is 0 Å². The monoisotopic (exact) mass is 366 g/mol. The maximum absolute atomic E-state index is 11.8. The van der Waals surface area contributed by atoms with Crippen LogP contribution in [0.3, 0.4) is 0 Å². The lowest BCUT2D eigenvalue weighted by molar-refractivity contribution is -0.152. The third kappa shape index (κ3) is 4.92. The maximum atomic E-state index is 11.8. The summed E-state index contributed by atoms with van der Waals surface area (Å²) >= 11 is 0. The average Bonchev–Trinajstić information content (AvgIpc) is 2.69. The molecule has 0 amide bonds. The standard InChI is InChI=1S/C21H26N4O2/c1-2-9-21(19(26)27)10-6-11-25(16-21)15-18-13-23-20(24-14-18)22-12-17-7-4-3-5-8-17/h2-5,7-8,13-14H,1,6,9-12,15-16H2,(H,26,27)(H,22,23,24)/t21-/m0/s1. The summed E-state index contributed by atoms with van der Waals surface area (Å²) in [5, 5.41) is 12.9. The number of anilines is 1. The zero-order valence-corrected chi connectivity index (χ0v) is 15.5. The molecule has 27 heavy (non-hydrogen) atoms. The van der Waals surface area contributed by atoms with E-state index in [0.717, 1.165) is 18.5 Å². The molecule has 3 rings (SSSR count). The predicted molar refractivity (Wildman–Crippen MR) is 105 cm³/mol. The van der Waals surface area contributed by atoms with E-state index in [0.29, 0.717) is 38.4 Å². The molecule has 142 valence electrons. The van der Waals surface area contributed by atoms with Gasteiger partial charge >= 0.3 is 5.97 Å². The summed E-state index contributed by atoms with van der Waals surface area (Å²) in [5.74, 6) is -0.142. The van der Waals surface area contributed by atoms with Gasteiger partial charge in [0.05, 0.1) is 5.41 Å². The molecule has 2 aromatic rings. The molecule has 0 bridgehead atoms. The average molecular weight is 366 g/mol. The Bertz CT molecular complexity index is 764. The number of rotatable bonds is 8. The van der Waals surface area contributed by atoms with E-state index in [-0.39, 0.29) is 0 Å². The summed E-state index contributed by atoms with van der Waals surface area (Å²) < 4.78 is 0. The Morgan fingerprint density at radius 2 is 2.00 bits per heavy atom. The molecule has 2 N–H and O–H groups in total. The van der Waals surface area contributed by atoms with Crippen LogP contribution in [0.2, 0.25) is 0 Å². The topological polar surface area (TPSA) is 78.3 Å². The van der Waals surface area contributed by atoms with Crippen molar-refractivity contribution >= 4 is 11.9 Å². The van der Waals surface area contributed by atoms with Crippen LogP contribution in [0.1, 0.15) is 30.4 Å². The molecule has 1 aliphatic rings. The van der Waals surface area contributed by atoms with Gasteiger partial charge in [-0.25, -0.2) is 9.97 Å². The highest BCUT2D eigenvalue weighted by Crippen LogP contribution is 2.34. The number of hydrogen-bond acceptors (Lipinski definition) is 5. The highest BCUT2D eigenvalue weighted by Gasteiger charge is 2.41. The summed E-state index contributed by atoms with van der Waals surface area (Å²) in [7, 11) is 0. The lowest BCUT2D eigenvalue weighted by Crippen LogP contribution is -2.47. The number of piperidine rings is 1. The van der Waals surface area contributed by atoms with Crippen LogP contribution >= 0.6 is 0 Å². The minimum Gasteiger partial charge on any atom is -0.481 e. The van der Waals surface area contributed by atoms with Crippen molar-refractivity contribution in [1.82, 2.24) is 14.9 Å². The number of carboxylic acid groups (broad SMARTS) is 1. The van der Waals surface area contributed by atoms with E-state index in [1.807, 2.05) is 30.6 Å². The molecule has 0 spiro atoms. The zero-order valence-electron chi connectivity index (χ0n) is 15.5. The molecule has 1 atom stereocenters. The first-order valence-corrected chi connectivity index (χ1v) is 9.27. The maximum Gasteiger partial charge on any atom is 0.311 e. The van der Waals surface area contributed by atoms with E-state index in [2.05, 4.69) is 38.9 Å². The van der Waals surface area contributed by atoms with Crippen molar-refractivity contribution in [3.8, 4) is 0 Å². The molecule has 1 fully saturated rings. The number of likely N-dealkylation sites (tertiary alicyclic amines) is 1. The molecule has 1 saturated heterocycles. The molecule has 6 heteroatoms. The summed E-state index contributed by atoms with van der Waals surface area (Å²) in [4.78, 5) is 22.7. The fourth-order valence-electron chi connectivity index (χ4n) is 3.63. The van der Waals surface area contributed by atoms with E-state index in [1.54, 1.807) is 6.08 Å². The molecule has 0 unspecified atom stereocenters. The second-order valence-electron chi connectivity index (χ2n) is 7.15. The number of carboxylic acids is 1. The Balaban J connectivity index is 1.57. The molecule has 2 heterocycles. The quantitative estimate of drug-likeness (QED) is 0.698. The Morgan fingerprint density at radius 1 is 1.26 bits per heavy atom. The summed E-state index contributed by atoms with van der Waals surface area (Å²) in [5.41, 5.74) is 1.43. The van der Waals surface area contributed by atoms with E-state index in [1.165, 1.54) is 5.56 Å². The molecule has 0 radical (unpaired) electrons. The highest BCUT2D eigenvalue weighted by atomic mass is 16.4. The van der Waals surface area contributed by atoms with Gasteiger partial charge in [-0.3, -0.25) is 9.69 Å². The van der Waals surface area contributed by atoms with E-state index < -0.39 is 11.4 Å². The Kier molecular flexibility index (Phi) is 6.19. The number of carbonyl (C=O) groups is 1. The third-order valence-electron chi connectivity index (χ3n) is 5.05. The van der Waals surface area contributed by atoms with E-state index in [4.69, 9.17) is 0 Å². The molecule has 1 aliphatic heterocycles. The lowest BCUT2D eigenvalue weighted by atomic mass is 9.77. The Morgan fingerprint density at radius 3 is 2.67 bits per heavy atom. The second-order valence-corrected chi connectivity index (χ2v) is 7.15. The number of allylic oxidation sites excluding steroid dienone is 1. The van der Waals surface area contributed by atoms with Gasteiger partial charge in [0.2, 0.25) is 5.95 Å². The minimum absolute atomic E-state index is 0.498. The van der Waals surface area contributed by atoms with Crippen molar-refractivity contribution in [2.24, 2.45) is 5.41 Å². The van der Waals surface area contributed by atoms with Crippen molar-refractivity contribution in [2.75, 3.05) is 18.4 Å². The first-order valence-electron chi connectivity index (χ1n) is 9.27. The van der Waals surface area contributed by atoms with Crippen molar-refractivity contribution < 1.29 is 9.90 Å². The van der Waals surface area contributed by atoms with Gasteiger partial charge in [0, 0.05) is 37.6 Å². The molecule has 0 aliphatic carbocycles. The van der Waals surface area contributed by atoms with Gasteiger partial charge in [-0.05, 0) is 31.4 Å². The molecule has 0 saturated carbocycles. The minimum atomic E-state index is -0.733. The number of benzene rings is 1. The van der Waals surface area contributed by atoms with Crippen LogP contribution in [0.4, 0.5) is 5.95 Å². The van der Waals surface area contributed by atoms with Gasteiger partial charge in [0.1, 0.15) is 0 Å².